The van der Waals surface area contributed by atoms with Crippen LogP contribution in [0.5, 0.6) is 0 Å². The van der Waals surface area contributed by atoms with Crippen LogP contribution in [0.25, 0.3) is 0 Å². The summed E-state index contributed by atoms with van der Waals surface area (Å²) >= 11 is 4.45. The molecule has 2 N–H and O–H groups in total. The Balaban J connectivity index is 1.66. The second-order valence-electron chi connectivity index (χ2n) is 7.66. The van der Waals surface area contributed by atoms with Crippen molar-refractivity contribution in [2.24, 2.45) is 11.8 Å². The molecule has 31 heavy (non-hydrogen) atoms. The Labute approximate surface area is 195 Å². The normalized spacial score (nSPS) is 22.9. The Bertz CT molecular complexity index is 902. The number of esters is 1. The van der Waals surface area contributed by atoms with Gasteiger partial charge < -0.3 is 15.0 Å². The number of ether oxygens (including phenoxy) is 1. The first-order chi connectivity index (χ1) is 14.9. The number of amides is 1. The molecule has 1 aliphatic heterocycles. The highest BCUT2D eigenvalue weighted by Crippen LogP contribution is 2.49. The molecule has 10 heteroatoms. The Kier molecular flexibility index (Phi) is 8.97. The highest BCUT2D eigenvalue weighted by Gasteiger charge is 2.43. The fourth-order valence-corrected chi connectivity index (χ4v) is 6.81. The third-order valence-corrected chi connectivity index (χ3v) is 8.42. The maximum Gasteiger partial charge on any atom is 0.336 e. The predicted octanol–water partition coefficient (Wildman–Crippen LogP) is 3.56. The van der Waals surface area contributed by atoms with Crippen molar-refractivity contribution in [2.45, 2.75) is 56.2 Å². The van der Waals surface area contributed by atoms with Crippen molar-refractivity contribution < 1.29 is 14.3 Å². The highest BCUT2D eigenvalue weighted by atomic mass is 32.2. The second-order valence-corrected chi connectivity index (χ2v) is 11.1. The summed E-state index contributed by atoms with van der Waals surface area (Å²) in [7, 11) is 0. The lowest BCUT2D eigenvalue weighted by molar-refractivity contribution is -0.139. The Hall–Kier alpha value is -1.39. The van der Waals surface area contributed by atoms with E-state index in [4.69, 9.17) is 4.74 Å². The number of nitrogens with zero attached hydrogens (tertiary/aromatic N) is 1. The molecule has 3 atom stereocenters. The average molecular weight is 484 g/mol. The van der Waals surface area contributed by atoms with Crippen LogP contribution >= 0.6 is 35.3 Å². The van der Waals surface area contributed by atoms with Crippen LogP contribution in [-0.4, -0.2) is 45.2 Å². The molecule has 2 heterocycles. The number of aromatic amines is 1. The minimum Gasteiger partial charge on any atom is -0.463 e. The molecule has 0 spiro atoms. The summed E-state index contributed by atoms with van der Waals surface area (Å²) in [5.74, 6) is 1.89. The number of fused-ring (bicyclic) bond motifs is 1. The van der Waals surface area contributed by atoms with Crippen LogP contribution in [0.1, 0.15) is 45.7 Å². The highest BCUT2D eigenvalue weighted by molar-refractivity contribution is 8.04. The zero-order valence-electron chi connectivity index (χ0n) is 18.1. The van der Waals surface area contributed by atoms with Crippen LogP contribution in [-0.2, 0) is 20.1 Å². The van der Waals surface area contributed by atoms with Crippen molar-refractivity contribution in [3.63, 3.8) is 0 Å². The topological polar surface area (TPSA) is 101 Å². The summed E-state index contributed by atoms with van der Waals surface area (Å²) in [6.45, 7) is 6.38. The van der Waals surface area contributed by atoms with Gasteiger partial charge in [-0.05, 0) is 31.4 Å². The molecule has 3 rings (SSSR count). The minimum absolute atomic E-state index is 0.0964. The largest absolute Gasteiger partial charge is 0.463 e. The Morgan fingerprint density at radius 1 is 1.35 bits per heavy atom. The van der Waals surface area contributed by atoms with Gasteiger partial charge in [-0.1, -0.05) is 32.0 Å². The van der Waals surface area contributed by atoms with Gasteiger partial charge in [0, 0.05) is 23.0 Å². The van der Waals surface area contributed by atoms with Gasteiger partial charge in [0.1, 0.15) is 0 Å². The molecular weight excluding hydrogens is 454 g/mol. The Morgan fingerprint density at radius 2 is 2.16 bits per heavy atom. The summed E-state index contributed by atoms with van der Waals surface area (Å²) in [6.07, 6.45) is 3.04. The Morgan fingerprint density at radius 3 is 2.90 bits per heavy atom. The van der Waals surface area contributed by atoms with Gasteiger partial charge in [-0.3, -0.25) is 9.59 Å². The van der Waals surface area contributed by atoms with Crippen molar-refractivity contribution in [1.29, 1.82) is 0 Å². The van der Waals surface area contributed by atoms with E-state index in [9.17, 15) is 14.4 Å². The van der Waals surface area contributed by atoms with E-state index in [0.717, 1.165) is 25.0 Å². The van der Waals surface area contributed by atoms with E-state index in [1.54, 1.807) is 30.4 Å². The van der Waals surface area contributed by atoms with Gasteiger partial charge in [0.15, 0.2) is 5.16 Å². The third kappa shape index (κ3) is 6.55. The van der Waals surface area contributed by atoms with Gasteiger partial charge in [0.05, 0.1) is 28.7 Å². The third-order valence-electron chi connectivity index (χ3n) is 5.25. The minimum atomic E-state index is -0.327. The first-order valence-electron chi connectivity index (χ1n) is 10.6. The number of carbonyl (C=O) groups is 2. The van der Waals surface area contributed by atoms with Gasteiger partial charge in [0.2, 0.25) is 5.91 Å². The molecule has 3 unspecified atom stereocenters. The summed E-state index contributed by atoms with van der Waals surface area (Å²) in [4.78, 5) is 44.2. The van der Waals surface area contributed by atoms with E-state index in [-0.39, 0.29) is 29.1 Å². The van der Waals surface area contributed by atoms with Gasteiger partial charge in [-0.15, -0.1) is 11.8 Å². The molecule has 1 aliphatic carbocycles. The van der Waals surface area contributed by atoms with Crippen LogP contribution in [0, 0.1) is 11.8 Å². The molecule has 1 fully saturated rings. The zero-order chi connectivity index (χ0) is 22.4. The van der Waals surface area contributed by atoms with E-state index in [1.807, 2.05) is 0 Å². The number of hydrogen-bond donors (Lipinski definition) is 2. The maximum absolute atomic E-state index is 12.7. The van der Waals surface area contributed by atoms with Crippen LogP contribution < -0.4 is 10.9 Å². The number of nitrogens with one attached hydrogen (secondary N) is 2. The van der Waals surface area contributed by atoms with Gasteiger partial charge >= 0.3 is 5.97 Å². The number of aromatic nitrogens is 2. The molecular formula is C21H29N3O4S3. The van der Waals surface area contributed by atoms with E-state index in [2.05, 4.69) is 29.1 Å². The smallest absolute Gasteiger partial charge is 0.336 e. The van der Waals surface area contributed by atoms with E-state index < -0.39 is 0 Å². The standard InChI is InChI=1S/C21H29N3O4S3/c1-4-28-20(27)18-14-7-6-12(3)8-15(14)31-19(18)23-17(26)11-30-21-22-13(10-29-5-2)9-16(25)24-21/h9,12,14-15H,4-8,10-11H2,1-3H3,(H,23,26)(H,22,24,25). The zero-order valence-corrected chi connectivity index (χ0v) is 20.5. The molecule has 0 saturated heterocycles. The predicted molar refractivity (Wildman–Crippen MR) is 127 cm³/mol. The van der Waals surface area contributed by atoms with Crippen molar-refractivity contribution in [2.75, 3.05) is 18.1 Å². The number of H-pyrrole nitrogens is 1. The molecule has 2 aliphatic rings. The van der Waals surface area contributed by atoms with Crippen molar-refractivity contribution in [1.82, 2.24) is 15.3 Å². The van der Waals surface area contributed by atoms with Gasteiger partial charge in [0.25, 0.3) is 5.56 Å². The molecule has 170 valence electrons. The van der Waals surface area contributed by atoms with Crippen LogP contribution in [0.4, 0.5) is 0 Å². The average Bonchev–Trinajstić information content (AvgIpc) is 3.07. The van der Waals surface area contributed by atoms with Crippen LogP contribution in [0.15, 0.2) is 26.6 Å². The summed E-state index contributed by atoms with van der Waals surface area (Å²) < 4.78 is 5.28. The number of hydrogen-bond acceptors (Lipinski definition) is 8. The van der Waals surface area contributed by atoms with E-state index >= 15 is 0 Å². The lowest BCUT2D eigenvalue weighted by atomic mass is 9.79. The number of carbonyl (C=O) groups excluding carboxylic acids is 2. The van der Waals surface area contributed by atoms with Crippen molar-refractivity contribution in [3.8, 4) is 0 Å². The summed E-state index contributed by atoms with van der Waals surface area (Å²) in [6, 6.07) is 1.49. The van der Waals surface area contributed by atoms with Gasteiger partial charge in [-0.25, -0.2) is 9.78 Å². The first kappa shape index (κ1) is 24.3. The van der Waals surface area contributed by atoms with E-state index in [1.165, 1.54) is 17.8 Å². The molecule has 0 radical (unpaired) electrons. The number of rotatable bonds is 9. The fourth-order valence-electron chi connectivity index (χ4n) is 3.85. The van der Waals surface area contributed by atoms with Crippen LogP contribution in [0.2, 0.25) is 0 Å². The quantitative estimate of drug-likeness (QED) is 0.312. The molecule has 1 aromatic heterocycles. The van der Waals surface area contributed by atoms with E-state index in [0.29, 0.717) is 45.0 Å². The van der Waals surface area contributed by atoms with Crippen LogP contribution in [0.3, 0.4) is 0 Å². The monoisotopic (exact) mass is 483 g/mol. The lowest BCUT2D eigenvalue weighted by Gasteiger charge is -2.29. The molecule has 0 bridgehead atoms. The van der Waals surface area contributed by atoms with Gasteiger partial charge in [-0.2, -0.15) is 11.8 Å². The molecule has 0 aromatic carbocycles. The molecule has 7 nitrogen and oxygen atoms in total. The summed E-state index contributed by atoms with van der Waals surface area (Å²) in [5.41, 5.74) is 1.10. The first-order valence-corrected chi connectivity index (χ1v) is 13.6. The molecule has 1 aromatic rings. The molecule has 1 saturated carbocycles. The fraction of sp³-hybridized carbons (Fsp3) is 0.619. The maximum atomic E-state index is 12.7. The SMILES string of the molecule is CCOC(=O)C1=C(NC(=O)CSc2nc(CSCC)cc(=O)[nH]2)SC2CC(C)CCC12. The second kappa shape index (κ2) is 11.5. The lowest BCUT2D eigenvalue weighted by Crippen LogP contribution is -2.28. The summed E-state index contributed by atoms with van der Waals surface area (Å²) in [5, 5.41) is 4.29. The van der Waals surface area contributed by atoms with Crippen molar-refractivity contribution in [3.05, 3.63) is 32.7 Å². The molecule has 1 amide bonds. The van der Waals surface area contributed by atoms with Crippen molar-refractivity contribution >= 4 is 47.2 Å². The number of thioether (sulfide) groups is 3.